The Bertz CT molecular complexity index is 1150. The predicted octanol–water partition coefficient (Wildman–Crippen LogP) is 3.79. The van der Waals surface area contributed by atoms with Crippen molar-refractivity contribution in [2.24, 2.45) is 4.99 Å². The average molecular weight is 451 g/mol. The molecule has 0 bridgehead atoms. The summed E-state index contributed by atoms with van der Waals surface area (Å²) in [5, 5.41) is 11.2. The molecule has 0 saturated carbocycles. The highest BCUT2D eigenvalue weighted by Crippen LogP contribution is 2.48. The number of carboxylic acids is 1. The predicted molar refractivity (Wildman–Crippen MR) is 126 cm³/mol. The van der Waals surface area contributed by atoms with Crippen LogP contribution in [0.3, 0.4) is 0 Å². The molecule has 2 aliphatic rings. The number of nitrogens with zero attached hydrogens (tertiary/aromatic N) is 1. The summed E-state index contributed by atoms with van der Waals surface area (Å²) in [4.78, 5) is 28.1. The molecule has 4 rings (SSSR count). The molecule has 0 saturated heterocycles. The molecule has 0 spiro atoms. The van der Waals surface area contributed by atoms with Gasteiger partial charge in [-0.15, -0.1) is 0 Å². The van der Waals surface area contributed by atoms with E-state index in [1.54, 1.807) is 12.1 Å². The van der Waals surface area contributed by atoms with Gasteiger partial charge in [0.15, 0.2) is 11.5 Å². The van der Waals surface area contributed by atoms with Gasteiger partial charge in [-0.25, -0.2) is 0 Å². The maximum absolute atomic E-state index is 12.2. The third-order valence-electron chi connectivity index (χ3n) is 5.80. The number of hydrogen-bond donors (Lipinski definition) is 2. The molecule has 0 fully saturated rings. The molecular formula is C26H30N2O5. The molecule has 2 aromatic carbocycles. The van der Waals surface area contributed by atoms with Crippen molar-refractivity contribution in [1.29, 1.82) is 0 Å². The van der Waals surface area contributed by atoms with E-state index in [4.69, 9.17) is 19.6 Å². The number of aliphatic imine (C=N–C) groups is 1. The third-order valence-corrected chi connectivity index (χ3v) is 5.80. The van der Waals surface area contributed by atoms with Crippen molar-refractivity contribution in [3.63, 3.8) is 0 Å². The number of nitrogens with one attached hydrogen (secondary N) is 1. The lowest BCUT2D eigenvalue weighted by Crippen LogP contribution is -2.31. The van der Waals surface area contributed by atoms with Gasteiger partial charge in [0.1, 0.15) is 12.1 Å². The maximum atomic E-state index is 12.2. The second-order valence-corrected chi connectivity index (χ2v) is 9.79. The average Bonchev–Trinajstić information content (AvgIpc) is 3.06. The fraction of sp³-hybridized carbons (Fsp3) is 0.423. The van der Waals surface area contributed by atoms with Crippen molar-refractivity contribution in [2.45, 2.75) is 58.6 Å². The Morgan fingerprint density at radius 1 is 1.15 bits per heavy atom. The van der Waals surface area contributed by atoms with Gasteiger partial charge in [0.2, 0.25) is 0 Å². The fourth-order valence-electron chi connectivity index (χ4n) is 4.58. The number of fused-ring (bicyclic) bond motifs is 3. The Morgan fingerprint density at radius 2 is 1.85 bits per heavy atom. The van der Waals surface area contributed by atoms with Crippen LogP contribution in [0, 0.1) is 0 Å². The topological polar surface area (TPSA) is 97.2 Å². The number of hydrogen-bond acceptors (Lipinski definition) is 5. The number of rotatable bonds is 6. The molecule has 0 aromatic heterocycles. The van der Waals surface area contributed by atoms with E-state index >= 15 is 0 Å². The van der Waals surface area contributed by atoms with Crippen LogP contribution in [0.15, 0.2) is 35.3 Å². The lowest BCUT2D eigenvalue weighted by molar-refractivity contribution is -0.135. The van der Waals surface area contributed by atoms with Gasteiger partial charge in [0, 0.05) is 28.7 Å². The van der Waals surface area contributed by atoms with Crippen molar-refractivity contribution in [1.82, 2.24) is 5.32 Å². The van der Waals surface area contributed by atoms with Crippen LogP contribution in [0.2, 0.25) is 0 Å². The van der Waals surface area contributed by atoms with E-state index in [9.17, 15) is 9.59 Å². The van der Waals surface area contributed by atoms with Crippen LogP contribution in [0.4, 0.5) is 0 Å². The molecular weight excluding hydrogens is 420 g/mol. The summed E-state index contributed by atoms with van der Waals surface area (Å²) < 4.78 is 12.2. The molecule has 0 atom stereocenters. The van der Waals surface area contributed by atoms with Crippen LogP contribution in [0.25, 0.3) is 0 Å². The summed E-state index contributed by atoms with van der Waals surface area (Å²) in [6.07, 6.45) is 1.54. The molecule has 174 valence electrons. The van der Waals surface area contributed by atoms with Crippen LogP contribution in [0.1, 0.15) is 67.2 Å². The minimum atomic E-state index is -1.08. The first-order valence-corrected chi connectivity index (χ1v) is 11.2. The third kappa shape index (κ3) is 4.58. The molecule has 2 heterocycles. The molecule has 0 aliphatic carbocycles. The molecule has 1 amide bonds. The summed E-state index contributed by atoms with van der Waals surface area (Å²) in [5.41, 5.74) is 4.91. The van der Waals surface area contributed by atoms with Gasteiger partial charge in [0.25, 0.3) is 5.91 Å². The summed E-state index contributed by atoms with van der Waals surface area (Å²) in [6.45, 7) is 10.5. The highest BCUT2D eigenvalue weighted by Gasteiger charge is 2.39. The smallest absolute Gasteiger partial charge is 0.322 e. The summed E-state index contributed by atoms with van der Waals surface area (Å²) in [5.74, 6) is 0.0606. The van der Waals surface area contributed by atoms with Crippen molar-refractivity contribution in [3.8, 4) is 11.5 Å². The Morgan fingerprint density at radius 3 is 2.48 bits per heavy atom. The van der Waals surface area contributed by atoms with E-state index in [-0.39, 0.29) is 11.1 Å². The van der Waals surface area contributed by atoms with Crippen LogP contribution in [0.5, 0.6) is 11.5 Å². The van der Waals surface area contributed by atoms with Gasteiger partial charge in [-0.1, -0.05) is 12.1 Å². The molecule has 33 heavy (non-hydrogen) atoms. The van der Waals surface area contributed by atoms with Crippen molar-refractivity contribution >= 4 is 17.6 Å². The van der Waals surface area contributed by atoms with Crippen molar-refractivity contribution < 1.29 is 24.2 Å². The number of carbonyl (C=O) groups is 2. The molecule has 7 nitrogen and oxygen atoms in total. The van der Waals surface area contributed by atoms with E-state index < -0.39 is 18.4 Å². The summed E-state index contributed by atoms with van der Waals surface area (Å²) in [7, 11) is 0. The Labute approximate surface area is 193 Å². The number of carbonyl (C=O) groups excluding carboxylic acids is 1. The Balaban J connectivity index is 1.78. The lowest BCUT2D eigenvalue weighted by Gasteiger charge is -2.31. The maximum Gasteiger partial charge on any atom is 0.322 e. The Kier molecular flexibility index (Phi) is 5.68. The number of benzene rings is 2. The molecule has 2 N–H and O–H groups in total. The highest BCUT2D eigenvalue weighted by molar-refractivity contribution is 6.16. The molecule has 2 aliphatic heterocycles. The molecule has 7 heteroatoms. The zero-order valence-electron chi connectivity index (χ0n) is 19.7. The standard InChI is InChI=1S/C26H30N2O5/c1-6-32-19-11-17-12-25(2,3)28-22(21(17)18-13-26(4,5)33-23(18)19)15-7-9-16(10-8-15)24(31)27-14-20(29)30/h7-11H,6,12-14H2,1-5H3,(H,27,31)(H,29,30). The van der Waals surface area contributed by atoms with E-state index in [1.807, 2.05) is 19.1 Å². The van der Waals surface area contributed by atoms with Gasteiger partial charge < -0.3 is 19.9 Å². The van der Waals surface area contributed by atoms with Gasteiger partial charge in [-0.05, 0) is 64.8 Å². The second kappa shape index (κ2) is 8.21. The van der Waals surface area contributed by atoms with Gasteiger partial charge in [-0.3, -0.25) is 14.6 Å². The van der Waals surface area contributed by atoms with Crippen LogP contribution in [-0.2, 0) is 17.6 Å². The zero-order valence-corrected chi connectivity index (χ0v) is 19.7. The van der Waals surface area contributed by atoms with Gasteiger partial charge in [0.05, 0.1) is 17.9 Å². The van der Waals surface area contributed by atoms with Gasteiger partial charge in [-0.2, -0.15) is 0 Å². The fourth-order valence-corrected chi connectivity index (χ4v) is 4.58. The molecule has 0 unspecified atom stereocenters. The van der Waals surface area contributed by atoms with Crippen LogP contribution in [-0.4, -0.2) is 47.0 Å². The summed E-state index contributed by atoms with van der Waals surface area (Å²) in [6, 6.07) is 9.22. The first-order chi connectivity index (χ1) is 15.5. The largest absolute Gasteiger partial charge is 0.490 e. The van der Waals surface area contributed by atoms with Crippen LogP contribution < -0.4 is 14.8 Å². The molecule has 2 aromatic rings. The lowest BCUT2D eigenvalue weighted by atomic mass is 9.81. The SMILES string of the molecule is CCOc1cc2c(c3c1OC(C)(C)C3)C(c1ccc(C(=O)NCC(=O)O)cc1)=NC(C)(C)C2. The first kappa shape index (κ1) is 22.8. The number of amides is 1. The highest BCUT2D eigenvalue weighted by atomic mass is 16.5. The molecule has 0 radical (unpaired) electrons. The second-order valence-electron chi connectivity index (χ2n) is 9.79. The van der Waals surface area contributed by atoms with E-state index in [2.05, 4.69) is 39.1 Å². The van der Waals surface area contributed by atoms with Gasteiger partial charge >= 0.3 is 5.97 Å². The van der Waals surface area contributed by atoms with E-state index in [0.717, 1.165) is 46.7 Å². The quantitative estimate of drug-likeness (QED) is 0.698. The number of carboxylic acid groups (broad SMARTS) is 1. The minimum Gasteiger partial charge on any atom is -0.490 e. The zero-order chi connectivity index (χ0) is 24.0. The number of aliphatic carboxylic acids is 1. The number of ether oxygens (including phenoxy) is 2. The van der Waals surface area contributed by atoms with Crippen molar-refractivity contribution in [2.75, 3.05) is 13.2 Å². The van der Waals surface area contributed by atoms with E-state index in [1.165, 1.54) is 5.56 Å². The normalized spacial score (nSPS) is 17.3. The van der Waals surface area contributed by atoms with Crippen LogP contribution >= 0.6 is 0 Å². The Hall–Kier alpha value is -3.35. The van der Waals surface area contributed by atoms with Crippen molar-refractivity contribution in [3.05, 3.63) is 58.1 Å². The minimum absolute atomic E-state index is 0.299. The monoisotopic (exact) mass is 450 g/mol. The summed E-state index contributed by atoms with van der Waals surface area (Å²) >= 11 is 0. The first-order valence-electron chi connectivity index (χ1n) is 11.2. The van der Waals surface area contributed by atoms with E-state index in [0.29, 0.717) is 12.2 Å².